The summed E-state index contributed by atoms with van der Waals surface area (Å²) in [7, 11) is 0. The second-order valence-corrected chi connectivity index (χ2v) is 4.88. The van der Waals surface area contributed by atoms with Crippen molar-refractivity contribution in [2.24, 2.45) is 0 Å². The van der Waals surface area contributed by atoms with E-state index in [0.717, 1.165) is 29.9 Å². The summed E-state index contributed by atoms with van der Waals surface area (Å²) < 4.78 is 5.38. The number of nitrogens with zero attached hydrogens (tertiary/aromatic N) is 1. The lowest BCUT2D eigenvalue weighted by atomic mass is 9.99. The van der Waals surface area contributed by atoms with Crippen LogP contribution in [0.1, 0.15) is 36.3 Å². The van der Waals surface area contributed by atoms with Crippen LogP contribution in [-0.4, -0.2) is 11.5 Å². The van der Waals surface area contributed by atoms with Gasteiger partial charge in [-0.15, -0.1) is 0 Å². The molecule has 0 spiro atoms. The summed E-state index contributed by atoms with van der Waals surface area (Å²) in [5.41, 5.74) is 7.92. The van der Waals surface area contributed by atoms with Crippen LogP contribution in [0.4, 0.5) is 5.82 Å². The Hall–Kier alpha value is -1.52. The van der Waals surface area contributed by atoms with E-state index in [1.54, 1.807) is 12.5 Å². The average Bonchev–Trinajstić information content (AvgIpc) is 2.80. The summed E-state index contributed by atoms with van der Waals surface area (Å²) in [6.07, 6.45) is 4.26. The van der Waals surface area contributed by atoms with Gasteiger partial charge in [-0.2, -0.15) is 0 Å². The Morgan fingerprint density at radius 3 is 2.89 bits per heavy atom. The number of hydrogen-bond acceptors (Lipinski definition) is 4. The van der Waals surface area contributed by atoms with E-state index < -0.39 is 0 Å². The first-order valence-electron chi connectivity index (χ1n) is 6.31. The van der Waals surface area contributed by atoms with Crippen LogP contribution in [0.25, 0.3) is 0 Å². The molecule has 0 bridgehead atoms. The summed E-state index contributed by atoms with van der Waals surface area (Å²) in [5.74, 6) is 1.35. The minimum atomic E-state index is -0.0510. The molecule has 0 saturated carbocycles. The van der Waals surface area contributed by atoms with Crippen molar-refractivity contribution in [1.29, 1.82) is 0 Å². The maximum atomic E-state index is 6.03. The van der Waals surface area contributed by atoms with Crippen LogP contribution in [0.3, 0.4) is 0 Å². The van der Waals surface area contributed by atoms with E-state index >= 15 is 0 Å². The lowest BCUT2D eigenvalue weighted by Gasteiger charge is -2.20. The number of rotatable bonds is 5. The van der Waals surface area contributed by atoms with Gasteiger partial charge < -0.3 is 15.5 Å². The van der Waals surface area contributed by atoms with Crippen molar-refractivity contribution < 1.29 is 4.42 Å². The Morgan fingerprint density at radius 1 is 1.47 bits per heavy atom. The lowest BCUT2D eigenvalue weighted by Crippen LogP contribution is -2.24. The highest BCUT2D eigenvalue weighted by Gasteiger charge is 2.20. The van der Waals surface area contributed by atoms with Crippen LogP contribution >= 0.6 is 11.6 Å². The van der Waals surface area contributed by atoms with E-state index in [-0.39, 0.29) is 6.04 Å². The first-order chi connectivity index (χ1) is 9.13. The van der Waals surface area contributed by atoms with Crippen molar-refractivity contribution in [3.8, 4) is 0 Å². The van der Waals surface area contributed by atoms with E-state index in [1.807, 2.05) is 19.1 Å². The number of aryl methyl sites for hydroxylation is 1. The molecule has 4 nitrogen and oxygen atoms in total. The molecule has 0 saturated heterocycles. The van der Waals surface area contributed by atoms with Crippen molar-refractivity contribution >= 4 is 17.4 Å². The van der Waals surface area contributed by atoms with Gasteiger partial charge in [0.15, 0.2) is 0 Å². The van der Waals surface area contributed by atoms with Crippen molar-refractivity contribution in [2.75, 3.05) is 12.3 Å². The van der Waals surface area contributed by atoms with Crippen molar-refractivity contribution in [3.63, 3.8) is 0 Å². The van der Waals surface area contributed by atoms with Crippen LogP contribution in [0, 0.1) is 6.92 Å². The Balaban J connectivity index is 2.42. The number of furan rings is 1. The maximum absolute atomic E-state index is 6.03. The van der Waals surface area contributed by atoms with Gasteiger partial charge in [-0.1, -0.05) is 18.5 Å². The maximum Gasteiger partial charge on any atom is 0.128 e. The quantitative estimate of drug-likeness (QED) is 0.881. The highest BCUT2D eigenvalue weighted by Crippen LogP contribution is 2.30. The molecular weight excluding hydrogens is 262 g/mol. The lowest BCUT2D eigenvalue weighted by molar-refractivity contribution is 0.517. The molecule has 0 radical (unpaired) electrons. The van der Waals surface area contributed by atoms with E-state index in [0.29, 0.717) is 10.8 Å². The smallest absolute Gasteiger partial charge is 0.128 e. The normalized spacial score (nSPS) is 12.6. The largest absolute Gasteiger partial charge is 0.469 e. The third-order valence-corrected chi connectivity index (χ3v) is 3.24. The number of nitrogens with one attached hydrogen (secondary N) is 1. The molecule has 0 aromatic carbocycles. The Kier molecular flexibility index (Phi) is 4.45. The predicted molar refractivity (Wildman–Crippen MR) is 77.2 cm³/mol. The summed E-state index contributed by atoms with van der Waals surface area (Å²) in [5, 5.41) is 4.04. The number of nitrogens with two attached hydrogens (primary N) is 1. The van der Waals surface area contributed by atoms with Crippen molar-refractivity contribution in [2.45, 2.75) is 26.3 Å². The van der Waals surface area contributed by atoms with Crippen LogP contribution < -0.4 is 11.1 Å². The van der Waals surface area contributed by atoms with Gasteiger partial charge in [0.25, 0.3) is 0 Å². The topological polar surface area (TPSA) is 64.1 Å². The summed E-state index contributed by atoms with van der Waals surface area (Å²) in [6.45, 7) is 4.93. The van der Waals surface area contributed by atoms with Gasteiger partial charge in [-0.05, 0) is 32.0 Å². The standard InChI is InChI=1S/C14H18ClN3O/c1-3-5-17-13(11-4-6-19-9(11)2)12-7-10(15)8-18-14(12)16/h4,6-8,13,17H,3,5H2,1-2H3,(H2,16,18). The fraction of sp³-hybridized carbons (Fsp3) is 0.357. The van der Waals surface area contributed by atoms with E-state index in [9.17, 15) is 0 Å². The Bertz CT molecular complexity index is 553. The number of nitrogen functional groups attached to an aromatic ring is 1. The van der Waals surface area contributed by atoms with Gasteiger partial charge >= 0.3 is 0 Å². The molecule has 2 rings (SSSR count). The average molecular weight is 280 g/mol. The molecule has 1 unspecified atom stereocenters. The number of halogens is 1. The molecule has 0 aliphatic carbocycles. The first-order valence-corrected chi connectivity index (χ1v) is 6.69. The molecule has 2 aromatic rings. The molecule has 102 valence electrons. The van der Waals surface area contributed by atoms with E-state index in [1.165, 1.54) is 0 Å². The minimum Gasteiger partial charge on any atom is -0.469 e. The molecule has 5 heteroatoms. The van der Waals surface area contributed by atoms with Gasteiger partial charge in [-0.25, -0.2) is 4.98 Å². The van der Waals surface area contributed by atoms with Crippen LogP contribution in [0.5, 0.6) is 0 Å². The van der Waals surface area contributed by atoms with Crippen molar-refractivity contribution in [1.82, 2.24) is 10.3 Å². The third kappa shape index (κ3) is 3.08. The van der Waals surface area contributed by atoms with Gasteiger partial charge in [0.1, 0.15) is 11.6 Å². The van der Waals surface area contributed by atoms with E-state index in [2.05, 4.69) is 17.2 Å². The van der Waals surface area contributed by atoms with Gasteiger partial charge in [0.05, 0.1) is 17.3 Å². The predicted octanol–water partition coefficient (Wildman–Crippen LogP) is 3.31. The molecule has 0 fully saturated rings. The number of pyridine rings is 1. The molecule has 2 heterocycles. The third-order valence-electron chi connectivity index (χ3n) is 3.04. The fourth-order valence-electron chi connectivity index (χ4n) is 2.07. The zero-order valence-electron chi connectivity index (χ0n) is 11.1. The SMILES string of the molecule is CCCNC(c1cc(Cl)cnc1N)c1ccoc1C. The minimum absolute atomic E-state index is 0.0510. The first kappa shape index (κ1) is 13.9. The molecule has 19 heavy (non-hydrogen) atoms. The number of aromatic nitrogens is 1. The molecule has 1 atom stereocenters. The summed E-state index contributed by atoms with van der Waals surface area (Å²) in [6, 6.07) is 3.75. The van der Waals surface area contributed by atoms with Crippen molar-refractivity contribution in [3.05, 3.63) is 46.5 Å². The van der Waals surface area contributed by atoms with Crippen LogP contribution in [0.2, 0.25) is 5.02 Å². The van der Waals surface area contributed by atoms with Crippen LogP contribution in [0.15, 0.2) is 29.0 Å². The number of anilines is 1. The molecule has 0 amide bonds. The van der Waals surface area contributed by atoms with E-state index in [4.69, 9.17) is 21.8 Å². The molecule has 0 aliphatic heterocycles. The van der Waals surface area contributed by atoms with Gasteiger partial charge in [-0.3, -0.25) is 0 Å². The van der Waals surface area contributed by atoms with Crippen LogP contribution in [-0.2, 0) is 0 Å². The highest BCUT2D eigenvalue weighted by molar-refractivity contribution is 6.30. The summed E-state index contributed by atoms with van der Waals surface area (Å²) >= 11 is 6.03. The summed E-state index contributed by atoms with van der Waals surface area (Å²) in [4.78, 5) is 4.12. The zero-order chi connectivity index (χ0) is 13.8. The zero-order valence-corrected chi connectivity index (χ0v) is 11.9. The Labute approximate surface area is 118 Å². The molecular formula is C14H18ClN3O. The molecule has 3 N–H and O–H groups in total. The molecule has 0 aliphatic rings. The van der Waals surface area contributed by atoms with Gasteiger partial charge in [0.2, 0.25) is 0 Å². The van der Waals surface area contributed by atoms with Gasteiger partial charge in [0, 0.05) is 17.3 Å². The fourth-order valence-corrected chi connectivity index (χ4v) is 2.23. The molecule has 2 aromatic heterocycles. The second kappa shape index (κ2) is 6.08. The number of hydrogen-bond donors (Lipinski definition) is 2. The Morgan fingerprint density at radius 2 is 2.26 bits per heavy atom. The second-order valence-electron chi connectivity index (χ2n) is 4.45. The monoisotopic (exact) mass is 279 g/mol. The highest BCUT2D eigenvalue weighted by atomic mass is 35.5.